The number of hydrogen-bond donors (Lipinski definition) is 1. The average molecular weight is 350 g/mol. The minimum atomic E-state index is -0.430. The second-order valence-electron chi connectivity index (χ2n) is 4.80. The minimum absolute atomic E-state index is 0.0169. The summed E-state index contributed by atoms with van der Waals surface area (Å²) in [5.41, 5.74) is 1.73. The number of nitro groups is 1. The van der Waals surface area contributed by atoms with Crippen molar-refractivity contribution in [2.45, 2.75) is 19.3 Å². The Morgan fingerprint density at radius 1 is 1.33 bits per heavy atom. The number of anilines is 1. The molecule has 1 heterocycles. The molecule has 2 rings (SSSR count). The number of pyridine rings is 1. The molecule has 0 saturated heterocycles. The molecule has 0 amide bonds. The van der Waals surface area contributed by atoms with Gasteiger partial charge in [-0.1, -0.05) is 37.3 Å². The summed E-state index contributed by atoms with van der Waals surface area (Å²) in [5, 5.41) is 14.1. The molecular formula is C15H16BrN3O2. The van der Waals surface area contributed by atoms with Gasteiger partial charge in [0.05, 0.1) is 9.40 Å². The fraction of sp³-hybridized carbons (Fsp3) is 0.267. The van der Waals surface area contributed by atoms with E-state index < -0.39 is 4.92 Å². The van der Waals surface area contributed by atoms with Crippen LogP contribution >= 0.6 is 15.9 Å². The van der Waals surface area contributed by atoms with Gasteiger partial charge in [-0.3, -0.25) is 15.1 Å². The van der Waals surface area contributed by atoms with E-state index in [0.29, 0.717) is 22.6 Å². The van der Waals surface area contributed by atoms with Crippen molar-refractivity contribution in [3.63, 3.8) is 0 Å². The van der Waals surface area contributed by atoms with E-state index in [0.717, 1.165) is 6.42 Å². The van der Waals surface area contributed by atoms with Gasteiger partial charge in [-0.05, 0) is 33.8 Å². The molecule has 110 valence electrons. The van der Waals surface area contributed by atoms with Crippen molar-refractivity contribution in [3.8, 4) is 0 Å². The molecule has 1 aromatic carbocycles. The molecule has 5 nitrogen and oxygen atoms in total. The quantitative estimate of drug-likeness (QED) is 0.621. The molecule has 0 aliphatic rings. The van der Waals surface area contributed by atoms with Crippen molar-refractivity contribution in [3.05, 3.63) is 62.9 Å². The van der Waals surface area contributed by atoms with Crippen LogP contribution in [0.15, 0.2) is 47.2 Å². The minimum Gasteiger partial charge on any atom is -0.378 e. The van der Waals surface area contributed by atoms with Gasteiger partial charge in [0.15, 0.2) is 0 Å². The Balaban J connectivity index is 1.99. The average Bonchev–Trinajstić information content (AvgIpc) is 2.49. The monoisotopic (exact) mass is 349 g/mol. The molecule has 0 aliphatic heterocycles. The standard InChI is InChI=1S/C15H16BrN3O2/c1-11(12-5-3-2-4-6-12)7-8-18-15-13(16)9-17-10-14(15)19(20)21/h2-6,9-11H,7-8H2,1H3,(H,17,18). The van der Waals surface area contributed by atoms with Gasteiger partial charge in [0, 0.05) is 12.7 Å². The number of nitrogens with zero attached hydrogens (tertiary/aromatic N) is 2. The summed E-state index contributed by atoms with van der Waals surface area (Å²) in [6, 6.07) is 10.2. The first kappa shape index (κ1) is 15.4. The van der Waals surface area contributed by atoms with Crippen molar-refractivity contribution in [2.24, 2.45) is 0 Å². The van der Waals surface area contributed by atoms with E-state index in [1.54, 1.807) is 6.20 Å². The molecule has 21 heavy (non-hydrogen) atoms. The van der Waals surface area contributed by atoms with E-state index in [9.17, 15) is 10.1 Å². The molecule has 1 unspecified atom stereocenters. The number of halogens is 1. The lowest BCUT2D eigenvalue weighted by molar-refractivity contribution is -0.384. The van der Waals surface area contributed by atoms with Crippen LogP contribution in [-0.4, -0.2) is 16.5 Å². The first-order valence-electron chi connectivity index (χ1n) is 6.66. The summed E-state index contributed by atoms with van der Waals surface area (Å²) >= 11 is 3.30. The number of nitrogens with one attached hydrogen (secondary N) is 1. The summed E-state index contributed by atoms with van der Waals surface area (Å²) in [4.78, 5) is 14.4. The molecule has 0 bridgehead atoms. The highest BCUT2D eigenvalue weighted by Crippen LogP contribution is 2.31. The maximum atomic E-state index is 11.0. The molecule has 0 aliphatic carbocycles. The third kappa shape index (κ3) is 4.01. The molecule has 0 radical (unpaired) electrons. The molecule has 1 atom stereocenters. The molecule has 1 N–H and O–H groups in total. The van der Waals surface area contributed by atoms with Crippen LogP contribution in [0.25, 0.3) is 0 Å². The topological polar surface area (TPSA) is 68.1 Å². The van der Waals surface area contributed by atoms with E-state index >= 15 is 0 Å². The Kier molecular flexibility index (Phi) is 5.27. The van der Waals surface area contributed by atoms with Crippen molar-refractivity contribution < 1.29 is 4.92 Å². The Labute approximate surface area is 131 Å². The van der Waals surface area contributed by atoms with Crippen LogP contribution < -0.4 is 5.32 Å². The van der Waals surface area contributed by atoms with E-state index in [1.165, 1.54) is 11.8 Å². The predicted molar refractivity (Wildman–Crippen MR) is 86.6 cm³/mol. The highest BCUT2D eigenvalue weighted by atomic mass is 79.9. The largest absolute Gasteiger partial charge is 0.378 e. The zero-order valence-electron chi connectivity index (χ0n) is 11.6. The zero-order chi connectivity index (χ0) is 15.2. The van der Waals surface area contributed by atoms with Gasteiger partial charge in [0.25, 0.3) is 0 Å². The van der Waals surface area contributed by atoms with Gasteiger partial charge in [-0.25, -0.2) is 0 Å². The predicted octanol–water partition coefficient (Wildman–Crippen LogP) is 4.36. The van der Waals surface area contributed by atoms with Gasteiger partial charge < -0.3 is 5.32 Å². The number of aromatic nitrogens is 1. The van der Waals surface area contributed by atoms with Crippen molar-refractivity contribution in [1.29, 1.82) is 0 Å². The van der Waals surface area contributed by atoms with Crippen LogP contribution in [0.1, 0.15) is 24.8 Å². The van der Waals surface area contributed by atoms with Crippen molar-refractivity contribution in [2.75, 3.05) is 11.9 Å². The van der Waals surface area contributed by atoms with Gasteiger partial charge in [0.1, 0.15) is 11.9 Å². The highest BCUT2D eigenvalue weighted by Gasteiger charge is 2.17. The first-order chi connectivity index (χ1) is 10.1. The summed E-state index contributed by atoms with van der Waals surface area (Å²) in [6.07, 6.45) is 3.69. The smallest absolute Gasteiger partial charge is 0.311 e. The first-order valence-corrected chi connectivity index (χ1v) is 7.45. The summed E-state index contributed by atoms with van der Waals surface area (Å²) < 4.78 is 0.601. The maximum absolute atomic E-state index is 11.0. The fourth-order valence-electron chi connectivity index (χ4n) is 2.10. The summed E-state index contributed by atoms with van der Waals surface area (Å²) in [7, 11) is 0. The molecule has 1 aromatic heterocycles. The lowest BCUT2D eigenvalue weighted by Gasteiger charge is -2.13. The Hall–Kier alpha value is -1.95. The van der Waals surface area contributed by atoms with Crippen LogP contribution in [0.3, 0.4) is 0 Å². The lowest BCUT2D eigenvalue weighted by Crippen LogP contribution is -2.08. The maximum Gasteiger partial charge on any atom is 0.311 e. The molecule has 0 fully saturated rings. The summed E-state index contributed by atoms with van der Waals surface area (Å²) in [5.74, 6) is 0.387. The second kappa shape index (κ2) is 7.17. The normalized spacial score (nSPS) is 11.9. The Bertz CT molecular complexity index is 620. The Morgan fingerprint density at radius 2 is 2.05 bits per heavy atom. The number of hydrogen-bond acceptors (Lipinski definition) is 4. The van der Waals surface area contributed by atoms with E-state index in [4.69, 9.17) is 0 Å². The van der Waals surface area contributed by atoms with Crippen LogP contribution in [0, 0.1) is 10.1 Å². The fourth-order valence-corrected chi connectivity index (χ4v) is 2.56. The summed E-state index contributed by atoms with van der Waals surface area (Å²) in [6.45, 7) is 2.80. The molecule has 2 aromatic rings. The van der Waals surface area contributed by atoms with Crippen LogP contribution in [0.4, 0.5) is 11.4 Å². The van der Waals surface area contributed by atoms with Crippen molar-refractivity contribution >= 4 is 27.3 Å². The molecule has 0 spiro atoms. The van der Waals surface area contributed by atoms with Gasteiger partial charge in [-0.15, -0.1) is 0 Å². The van der Waals surface area contributed by atoms with Gasteiger partial charge >= 0.3 is 5.69 Å². The van der Waals surface area contributed by atoms with E-state index in [-0.39, 0.29) is 5.69 Å². The van der Waals surface area contributed by atoms with Crippen LogP contribution in [-0.2, 0) is 0 Å². The Morgan fingerprint density at radius 3 is 2.71 bits per heavy atom. The number of rotatable bonds is 6. The van der Waals surface area contributed by atoms with Crippen LogP contribution in [0.2, 0.25) is 0 Å². The van der Waals surface area contributed by atoms with E-state index in [1.807, 2.05) is 18.2 Å². The third-order valence-corrected chi connectivity index (χ3v) is 3.93. The van der Waals surface area contributed by atoms with Gasteiger partial charge in [-0.2, -0.15) is 0 Å². The van der Waals surface area contributed by atoms with Gasteiger partial charge in [0.2, 0.25) is 0 Å². The molecular weight excluding hydrogens is 334 g/mol. The highest BCUT2D eigenvalue weighted by molar-refractivity contribution is 9.10. The van der Waals surface area contributed by atoms with E-state index in [2.05, 4.69) is 45.3 Å². The van der Waals surface area contributed by atoms with Crippen LogP contribution in [0.5, 0.6) is 0 Å². The SMILES string of the molecule is CC(CCNc1c(Br)cncc1[N+](=O)[O-])c1ccccc1. The van der Waals surface area contributed by atoms with Crippen molar-refractivity contribution in [1.82, 2.24) is 4.98 Å². The lowest BCUT2D eigenvalue weighted by atomic mass is 9.98. The molecule has 6 heteroatoms. The zero-order valence-corrected chi connectivity index (χ0v) is 13.2. The number of benzene rings is 1. The third-order valence-electron chi connectivity index (χ3n) is 3.32. The molecule has 0 saturated carbocycles. The second-order valence-corrected chi connectivity index (χ2v) is 5.65.